The van der Waals surface area contributed by atoms with Crippen LogP contribution in [0.25, 0.3) is 0 Å². The SMILES string of the molecule is COC(C)(CC(c1ccccc1)c1ccc(Cl)cc1)OC. The van der Waals surface area contributed by atoms with Gasteiger partial charge >= 0.3 is 0 Å². The molecule has 112 valence electrons. The summed E-state index contributed by atoms with van der Waals surface area (Å²) < 4.78 is 11.1. The first-order chi connectivity index (χ1) is 10.1. The Bertz CT molecular complexity index is 547. The maximum absolute atomic E-state index is 6.00. The molecule has 2 rings (SSSR count). The van der Waals surface area contributed by atoms with E-state index in [1.165, 1.54) is 11.1 Å². The summed E-state index contributed by atoms with van der Waals surface area (Å²) in [5.41, 5.74) is 2.44. The molecule has 3 heteroatoms. The third-order valence-corrected chi connectivity index (χ3v) is 4.16. The van der Waals surface area contributed by atoms with Gasteiger partial charge in [0.2, 0.25) is 0 Å². The summed E-state index contributed by atoms with van der Waals surface area (Å²) in [4.78, 5) is 0. The van der Waals surface area contributed by atoms with Gasteiger partial charge in [0.1, 0.15) is 0 Å². The Balaban J connectivity index is 2.37. The standard InChI is InChI=1S/C18H21ClO2/c1-18(20-2,21-3)13-17(14-7-5-4-6-8-14)15-9-11-16(19)12-10-15/h4-12,17H,13H2,1-3H3. The van der Waals surface area contributed by atoms with Crippen LogP contribution >= 0.6 is 11.6 Å². The number of halogens is 1. The fraction of sp³-hybridized carbons (Fsp3) is 0.333. The number of benzene rings is 2. The van der Waals surface area contributed by atoms with E-state index in [4.69, 9.17) is 21.1 Å². The minimum absolute atomic E-state index is 0.188. The summed E-state index contributed by atoms with van der Waals surface area (Å²) in [5.74, 6) is -0.437. The van der Waals surface area contributed by atoms with Crippen LogP contribution in [0.2, 0.25) is 5.02 Å². The predicted octanol–water partition coefficient (Wildman–Crippen LogP) is 4.87. The molecule has 2 nitrogen and oxygen atoms in total. The van der Waals surface area contributed by atoms with E-state index in [1.54, 1.807) is 14.2 Å². The van der Waals surface area contributed by atoms with E-state index in [0.717, 1.165) is 11.4 Å². The van der Waals surface area contributed by atoms with E-state index in [0.29, 0.717) is 0 Å². The van der Waals surface area contributed by atoms with Gasteiger partial charge in [-0.3, -0.25) is 0 Å². The fourth-order valence-corrected chi connectivity index (χ4v) is 2.56. The second-order valence-electron chi connectivity index (χ2n) is 5.26. The van der Waals surface area contributed by atoms with Crippen molar-refractivity contribution in [3.05, 3.63) is 70.7 Å². The molecule has 0 amide bonds. The lowest BCUT2D eigenvalue weighted by atomic mass is 9.86. The highest BCUT2D eigenvalue weighted by Crippen LogP contribution is 2.34. The molecule has 0 aliphatic rings. The molecule has 0 saturated heterocycles. The van der Waals surface area contributed by atoms with Gasteiger partial charge < -0.3 is 9.47 Å². The van der Waals surface area contributed by atoms with Crippen molar-refractivity contribution in [3.63, 3.8) is 0 Å². The van der Waals surface area contributed by atoms with E-state index in [-0.39, 0.29) is 5.92 Å². The van der Waals surface area contributed by atoms with Crippen molar-refractivity contribution in [2.75, 3.05) is 14.2 Å². The van der Waals surface area contributed by atoms with Crippen molar-refractivity contribution in [3.8, 4) is 0 Å². The molecule has 0 radical (unpaired) electrons. The van der Waals surface area contributed by atoms with Gasteiger partial charge in [-0.1, -0.05) is 54.1 Å². The average molecular weight is 305 g/mol. The van der Waals surface area contributed by atoms with Gasteiger partial charge in [0, 0.05) is 31.6 Å². The number of rotatable bonds is 6. The Morgan fingerprint density at radius 3 is 1.95 bits per heavy atom. The number of hydrogen-bond acceptors (Lipinski definition) is 2. The summed E-state index contributed by atoms with van der Waals surface area (Å²) in [6, 6.07) is 18.3. The highest BCUT2D eigenvalue weighted by molar-refractivity contribution is 6.30. The Morgan fingerprint density at radius 2 is 1.43 bits per heavy atom. The molecule has 0 aromatic heterocycles. The maximum atomic E-state index is 6.00. The van der Waals surface area contributed by atoms with Gasteiger partial charge in [-0.05, 0) is 30.2 Å². The van der Waals surface area contributed by atoms with Crippen LogP contribution in [0.5, 0.6) is 0 Å². The van der Waals surface area contributed by atoms with Crippen LogP contribution in [0.3, 0.4) is 0 Å². The topological polar surface area (TPSA) is 18.5 Å². The number of methoxy groups -OCH3 is 2. The fourth-order valence-electron chi connectivity index (χ4n) is 2.43. The van der Waals surface area contributed by atoms with Crippen LogP contribution in [0.1, 0.15) is 30.4 Å². The van der Waals surface area contributed by atoms with Crippen LogP contribution in [0, 0.1) is 0 Å². The molecular formula is C18H21ClO2. The second-order valence-corrected chi connectivity index (χ2v) is 5.70. The Kier molecular flexibility index (Phi) is 5.40. The minimum atomic E-state index is -0.625. The quantitative estimate of drug-likeness (QED) is 0.709. The second kappa shape index (κ2) is 7.08. The molecule has 2 aromatic carbocycles. The molecule has 1 unspecified atom stereocenters. The summed E-state index contributed by atoms with van der Waals surface area (Å²) in [6.45, 7) is 1.96. The molecule has 1 atom stereocenters. The van der Waals surface area contributed by atoms with Crippen LogP contribution in [-0.4, -0.2) is 20.0 Å². The van der Waals surface area contributed by atoms with Crippen molar-refractivity contribution in [1.82, 2.24) is 0 Å². The van der Waals surface area contributed by atoms with Crippen LogP contribution in [-0.2, 0) is 9.47 Å². The molecule has 21 heavy (non-hydrogen) atoms. The lowest BCUT2D eigenvalue weighted by Gasteiger charge is -2.31. The molecule has 0 aliphatic heterocycles. The van der Waals surface area contributed by atoms with Crippen molar-refractivity contribution in [2.24, 2.45) is 0 Å². The van der Waals surface area contributed by atoms with Gasteiger partial charge in [-0.25, -0.2) is 0 Å². The first-order valence-corrected chi connectivity index (χ1v) is 7.36. The largest absolute Gasteiger partial charge is 0.353 e. The third-order valence-electron chi connectivity index (χ3n) is 3.91. The van der Waals surface area contributed by atoms with Crippen LogP contribution in [0.15, 0.2) is 54.6 Å². The zero-order valence-electron chi connectivity index (χ0n) is 12.7. The first kappa shape index (κ1) is 16.0. The average Bonchev–Trinajstić information content (AvgIpc) is 2.54. The minimum Gasteiger partial charge on any atom is -0.353 e. The van der Waals surface area contributed by atoms with Crippen LogP contribution < -0.4 is 0 Å². The van der Waals surface area contributed by atoms with Gasteiger partial charge in [-0.15, -0.1) is 0 Å². The smallest absolute Gasteiger partial charge is 0.165 e. The van der Waals surface area contributed by atoms with Gasteiger partial charge in [-0.2, -0.15) is 0 Å². The summed E-state index contributed by atoms with van der Waals surface area (Å²) >= 11 is 6.00. The van der Waals surface area contributed by atoms with Gasteiger partial charge in [0.05, 0.1) is 0 Å². The molecule has 2 aromatic rings. The Morgan fingerprint density at radius 1 is 0.905 bits per heavy atom. The van der Waals surface area contributed by atoms with E-state index in [1.807, 2.05) is 25.1 Å². The summed E-state index contributed by atoms with van der Waals surface area (Å²) in [5, 5.41) is 0.742. The number of hydrogen-bond donors (Lipinski definition) is 0. The lowest BCUT2D eigenvalue weighted by molar-refractivity contribution is -0.198. The highest BCUT2D eigenvalue weighted by Gasteiger charge is 2.29. The van der Waals surface area contributed by atoms with Crippen molar-refractivity contribution < 1.29 is 9.47 Å². The predicted molar refractivity (Wildman–Crippen MR) is 86.8 cm³/mol. The van der Waals surface area contributed by atoms with Gasteiger partial charge in [0.25, 0.3) is 0 Å². The Labute approximate surface area is 131 Å². The molecule has 0 saturated carbocycles. The number of ether oxygens (including phenoxy) is 2. The molecule has 0 bridgehead atoms. The van der Waals surface area contributed by atoms with Crippen molar-refractivity contribution >= 4 is 11.6 Å². The van der Waals surface area contributed by atoms with Gasteiger partial charge in [0.15, 0.2) is 5.79 Å². The summed E-state index contributed by atoms with van der Waals surface area (Å²) in [6.07, 6.45) is 0.728. The van der Waals surface area contributed by atoms with E-state index in [9.17, 15) is 0 Å². The van der Waals surface area contributed by atoms with E-state index in [2.05, 4.69) is 36.4 Å². The maximum Gasteiger partial charge on any atom is 0.165 e. The van der Waals surface area contributed by atoms with Crippen molar-refractivity contribution in [2.45, 2.75) is 25.0 Å². The lowest BCUT2D eigenvalue weighted by Crippen LogP contribution is -2.32. The highest BCUT2D eigenvalue weighted by atomic mass is 35.5. The molecule has 0 N–H and O–H groups in total. The third kappa shape index (κ3) is 4.07. The molecule has 0 fully saturated rings. The molecule has 0 aliphatic carbocycles. The first-order valence-electron chi connectivity index (χ1n) is 6.98. The molecule has 0 heterocycles. The normalized spacial score (nSPS) is 13.1. The monoisotopic (exact) mass is 304 g/mol. The Hall–Kier alpha value is -1.35. The zero-order chi connectivity index (χ0) is 15.3. The van der Waals surface area contributed by atoms with E-state index >= 15 is 0 Å². The van der Waals surface area contributed by atoms with E-state index < -0.39 is 5.79 Å². The van der Waals surface area contributed by atoms with Crippen LogP contribution in [0.4, 0.5) is 0 Å². The summed E-state index contributed by atoms with van der Waals surface area (Å²) in [7, 11) is 3.35. The molecule has 0 spiro atoms. The molecular weight excluding hydrogens is 284 g/mol. The zero-order valence-corrected chi connectivity index (χ0v) is 13.4. The van der Waals surface area contributed by atoms with Crippen molar-refractivity contribution in [1.29, 1.82) is 0 Å².